The number of anilines is 2. The number of hydrogen-bond donors (Lipinski definition) is 2. The molecule has 34 heavy (non-hydrogen) atoms. The molecule has 0 radical (unpaired) electrons. The number of piperazine rings is 1. The third kappa shape index (κ3) is 5.87. The first kappa shape index (κ1) is 24.5. The maximum atomic E-state index is 12.5. The Bertz CT molecular complexity index is 1030. The van der Waals surface area contributed by atoms with Gasteiger partial charge in [-0.2, -0.15) is 0 Å². The lowest BCUT2D eigenvalue weighted by Crippen LogP contribution is -2.44. The Balaban J connectivity index is 1.32. The normalized spacial score (nSPS) is 23.6. The summed E-state index contributed by atoms with van der Waals surface area (Å²) in [5.41, 5.74) is 2.82. The van der Waals surface area contributed by atoms with Crippen molar-refractivity contribution in [1.82, 2.24) is 15.2 Å². The van der Waals surface area contributed by atoms with E-state index in [-0.39, 0.29) is 30.7 Å². The number of nitrogens with zero attached hydrogens (tertiary/aromatic N) is 3. The lowest BCUT2D eigenvalue weighted by molar-refractivity contribution is -0.125. The van der Waals surface area contributed by atoms with Crippen molar-refractivity contribution in [1.29, 1.82) is 0 Å². The van der Waals surface area contributed by atoms with Gasteiger partial charge < -0.3 is 20.4 Å². The van der Waals surface area contributed by atoms with E-state index in [0.29, 0.717) is 11.8 Å². The molecule has 1 aromatic carbocycles. The first-order chi connectivity index (χ1) is 16.3. The molecule has 1 saturated carbocycles. The highest BCUT2D eigenvalue weighted by atomic mass is 16.2. The molecule has 2 heterocycles. The van der Waals surface area contributed by atoms with Gasteiger partial charge in [0.2, 0.25) is 11.8 Å². The maximum Gasteiger partial charge on any atom is 0.224 e. The predicted molar refractivity (Wildman–Crippen MR) is 138 cm³/mol. The van der Waals surface area contributed by atoms with Gasteiger partial charge in [-0.25, -0.2) is 4.98 Å². The van der Waals surface area contributed by atoms with Crippen LogP contribution in [0.2, 0.25) is 0 Å². The zero-order valence-electron chi connectivity index (χ0n) is 21.1. The number of hydrogen-bond acceptors (Lipinski definition) is 5. The molecular formula is C27H39N5O2. The van der Waals surface area contributed by atoms with Crippen molar-refractivity contribution in [2.45, 2.75) is 58.9 Å². The third-order valence-corrected chi connectivity index (χ3v) is 7.75. The van der Waals surface area contributed by atoms with Crippen LogP contribution in [-0.4, -0.2) is 61.0 Å². The van der Waals surface area contributed by atoms with E-state index in [1.54, 1.807) is 0 Å². The predicted octanol–water partition coefficient (Wildman–Crippen LogP) is 3.95. The summed E-state index contributed by atoms with van der Waals surface area (Å²) < 4.78 is 0. The summed E-state index contributed by atoms with van der Waals surface area (Å²) >= 11 is 0. The van der Waals surface area contributed by atoms with Crippen molar-refractivity contribution >= 4 is 34.2 Å². The molecule has 0 spiro atoms. The number of rotatable bonds is 6. The molecule has 2 N–H and O–H groups in total. The molecule has 1 aromatic heterocycles. The van der Waals surface area contributed by atoms with Crippen LogP contribution in [0, 0.1) is 18.8 Å². The van der Waals surface area contributed by atoms with E-state index in [9.17, 15) is 9.59 Å². The van der Waals surface area contributed by atoms with Crippen molar-refractivity contribution < 1.29 is 9.59 Å². The van der Waals surface area contributed by atoms with Crippen molar-refractivity contribution in [3.05, 3.63) is 29.8 Å². The van der Waals surface area contributed by atoms with Crippen molar-refractivity contribution in [3.63, 3.8) is 0 Å². The van der Waals surface area contributed by atoms with Crippen LogP contribution in [0.1, 0.15) is 51.5 Å². The Kier molecular flexibility index (Phi) is 7.71. The van der Waals surface area contributed by atoms with E-state index in [1.165, 1.54) is 6.42 Å². The van der Waals surface area contributed by atoms with Gasteiger partial charge in [0, 0.05) is 56.1 Å². The molecule has 1 aliphatic carbocycles. The zero-order chi connectivity index (χ0) is 24.2. The van der Waals surface area contributed by atoms with E-state index in [1.807, 2.05) is 18.2 Å². The second-order valence-corrected chi connectivity index (χ2v) is 10.3. The molecule has 2 fully saturated rings. The van der Waals surface area contributed by atoms with Gasteiger partial charge in [-0.1, -0.05) is 26.7 Å². The average Bonchev–Trinajstić information content (AvgIpc) is 2.81. The van der Waals surface area contributed by atoms with E-state index >= 15 is 0 Å². The summed E-state index contributed by atoms with van der Waals surface area (Å²) in [5.74, 6) is 1.96. The largest absolute Gasteiger partial charge is 0.354 e. The number of likely N-dealkylation sites (N-methyl/N-ethyl adjacent to an activating group) is 1. The lowest BCUT2D eigenvalue weighted by atomic mass is 9.78. The summed E-state index contributed by atoms with van der Waals surface area (Å²) in [6, 6.07) is 8.21. The summed E-state index contributed by atoms with van der Waals surface area (Å²) in [6.07, 6.45) is 3.81. The van der Waals surface area contributed by atoms with E-state index in [0.717, 1.165) is 67.0 Å². The van der Waals surface area contributed by atoms with Crippen LogP contribution >= 0.6 is 0 Å². The number of benzene rings is 1. The summed E-state index contributed by atoms with van der Waals surface area (Å²) in [6.45, 7) is 10.6. The summed E-state index contributed by atoms with van der Waals surface area (Å²) in [7, 11) is 2.15. The minimum absolute atomic E-state index is 0.0314. The van der Waals surface area contributed by atoms with Crippen molar-refractivity contribution in [2.75, 3.05) is 43.4 Å². The molecule has 2 aliphatic rings. The molecule has 3 atom stereocenters. The molecule has 2 amide bonds. The number of pyridine rings is 1. The van der Waals surface area contributed by atoms with Gasteiger partial charge in [0.15, 0.2) is 0 Å². The van der Waals surface area contributed by atoms with Crippen molar-refractivity contribution in [2.24, 2.45) is 11.8 Å². The van der Waals surface area contributed by atoms with Crippen molar-refractivity contribution in [3.8, 4) is 0 Å². The fourth-order valence-corrected chi connectivity index (χ4v) is 5.17. The van der Waals surface area contributed by atoms with E-state index in [2.05, 4.69) is 54.3 Å². The van der Waals surface area contributed by atoms with Crippen LogP contribution in [-0.2, 0) is 9.59 Å². The summed E-state index contributed by atoms with van der Waals surface area (Å²) in [4.78, 5) is 34.5. The average molecular weight is 466 g/mol. The Morgan fingerprint density at radius 3 is 2.53 bits per heavy atom. The number of aryl methyl sites for hydroxylation is 1. The van der Waals surface area contributed by atoms with Gasteiger partial charge in [0.25, 0.3) is 0 Å². The molecule has 4 rings (SSSR count). The molecule has 2 aromatic rings. The van der Waals surface area contributed by atoms with Gasteiger partial charge >= 0.3 is 0 Å². The zero-order valence-corrected chi connectivity index (χ0v) is 21.1. The van der Waals surface area contributed by atoms with Crippen LogP contribution in [0.3, 0.4) is 0 Å². The van der Waals surface area contributed by atoms with Gasteiger partial charge in [-0.3, -0.25) is 9.59 Å². The smallest absolute Gasteiger partial charge is 0.224 e. The molecule has 1 saturated heterocycles. The minimum atomic E-state index is -0.140. The Morgan fingerprint density at radius 1 is 1.03 bits per heavy atom. The fourth-order valence-electron chi connectivity index (χ4n) is 5.17. The molecule has 1 aliphatic heterocycles. The first-order valence-corrected chi connectivity index (χ1v) is 12.7. The van der Waals surface area contributed by atoms with E-state index < -0.39 is 0 Å². The quantitative estimate of drug-likeness (QED) is 0.675. The number of aromatic nitrogens is 1. The minimum Gasteiger partial charge on any atom is -0.354 e. The van der Waals surface area contributed by atoms with Crippen LogP contribution in [0.25, 0.3) is 10.9 Å². The van der Waals surface area contributed by atoms with Crippen LogP contribution < -0.4 is 15.5 Å². The molecule has 7 heteroatoms. The maximum absolute atomic E-state index is 12.5. The molecule has 7 nitrogen and oxygen atoms in total. The molecule has 184 valence electrons. The van der Waals surface area contributed by atoms with Gasteiger partial charge in [-0.15, -0.1) is 0 Å². The number of carbonyl (C=O) groups excluding carboxylic acids is 2. The van der Waals surface area contributed by atoms with Crippen LogP contribution in [0.5, 0.6) is 0 Å². The Hall–Kier alpha value is -2.67. The SMILES string of the molecule is Cc1cc(N2CCN(C)CC2)nc2ccc(NC(=O)CCC(=O)N[C@@H]3CCC[C@@H](C)[C@@H]3C)cc12. The number of fused-ring (bicyclic) bond motifs is 1. The van der Waals surface area contributed by atoms with Crippen LogP contribution in [0.15, 0.2) is 24.3 Å². The monoisotopic (exact) mass is 465 g/mol. The van der Waals surface area contributed by atoms with Gasteiger partial charge in [0.05, 0.1) is 5.52 Å². The first-order valence-electron chi connectivity index (χ1n) is 12.7. The van der Waals surface area contributed by atoms with E-state index in [4.69, 9.17) is 4.98 Å². The van der Waals surface area contributed by atoms with Gasteiger partial charge in [0.1, 0.15) is 5.82 Å². The fraction of sp³-hybridized carbons (Fsp3) is 0.593. The lowest BCUT2D eigenvalue weighted by Gasteiger charge is -2.34. The Morgan fingerprint density at radius 2 is 1.76 bits per heavy atom. The molecule has 0 bridgehead atoms. The highest BCUT2D eigenvalue weighted by Gasteiger charge is 2.28. The second kappa shape index (κ2) is 10.7. The number of nitrogens with one attached hydrogen (secondary N) is 2. The van der Waals surface area contributed by atoms with Crippen LogP contribution in [0.4, 0.5) is 11.5 Å². The molecule has 0 unspecified atom stereocenters. The topological polar surface area (TPSA) is 77.6 Å². The second-order valence-electron chi connectivity index (χ2n) is 10.3. The van der Waals surface area contributed by atoms with Gasteiger partial charge in [-0.05, 0) is 62.1 Å². The molecular weight excluding hydrogens is 426 g/mol. The summed E-state index contributed by atoms with van der Waals surface area (Å²) in [5, 5.41) is 7.14. The highest BCUT2D eigenvalue weighted by molar-refractivity contribution is 5.96. The Labute approximate surface area is 203 Å². The third-order valence-electron chi connectivity index (χ3n) is 7.75. The number of carbonyl (C=O) groups is 2. The highest BCUT2D eigenvalue weighted by Crippen LogP contribution is 2.29. The standard InChI is InChI=1S/C27H39N5O2/c1-18-6-5-7-23(20(18)3)30-27(34)11-10-26(33)28-21-8-9-24-22(17-21)19(2)16-25(29-24)32-14-12-31(4)13-15-32/h8-9,16-18,20,23H,5-7,10-15H2,1-4H3,(H,28,33)(H,30,34)/t18-,20+,23-/m1/s1. The number of amides is 2.